The van der Waals surface area contributed by atoms with E-state index in [2.05, 4.69) is 25.5 Å². The fourth-order valence-corrected chi connectivity index (χ4v) is 2.51. The predicted molar refractivity (Wildman–Crippen MR) is 98.6 cm³/mol. The number of hydrogen-bond donors (Lipinski definition) is 0. The van der Waals surface area contributed by atoms with Gasteiger partial charge in [-0.15, -0.1) is 0 Å². The number of ether oxygens (including phenoxy) is 3. The average molecular weight is 356 g/mol. The molecule has 0 spiro atoms. The molecule has 0 radical (unpaired) electrons. The third-order valence-corrected chi connectivity index (χ3v) is 3.99. The summed E-state index contributed by atoms with van der Waals surface area (Å²) in [5.41, 5.74) is 2.49. The van der Waals surface area contributed by atoms with E-state index < -0.39 is 11.9 Å². The molecule has 0 unspecified atom stereocenters. The summed E-state index contributed by atoms with van der Waals surface area (Å²) >= 11 is 0. The molecule has 0 aromatic heterocycles. The van der Waals surface area contributed by atoms with E-state index in [1.807, 2.05) is 6.07 Å². The van der Waals surface area contributed by atoms with Gasteiger partial charge in [-0.2, -0.15) is 0 Å². The maximum atomic E-state index is 12.4. The highest BCUT2D eigenvalue weighted by Gasteiger charge is 2.21. The number of benzene rings is 2. The summed E-state index contributed by atoms with van der Waals surface area (Å²) in [4.78, 5) is 23.8. The minimum atomic E-state index is -0.407. The van der Waals surface area contributed by atoms with Crippen LogP contribution in [0, 0.1) is 0 Å². The highest BCUT2D eigenvalue weighted by Crippen LogP contribution is 2.32. The Morgan fingerprint density at radius 2 is 1.50 bits per heavy atom. The minimum Gasteiger partial charge on any atom is -0.496 e. The van der Waals surface area contributed by atoms with Gasteiger partial charge >= 0.3 is 11.9 Å². The van der Waals surface area contributed by atoms with Gasteiger partial charge in [-0.3, -0.25) is 0 Å². The van der Waals surface area contributed by atoms with E-state index in [-0.39, 0.29) is 12.0 Å². The second-order valence-electron chi connectivity index (χ2n) is 6.93. The van der Waals surface area contributed by atoms with Gasteiger partial charge in [0.05, 0.1) is 25.3 Å². The van der Waals surface area contributed by atoms with Crippen molar-refractivity contribution in [2.45, 2.75) is 32.8 Å². The van der Waals surface area contributed by atoms with Crippen LogP contribution in [0.4, 0.5) is 0 Å². The molecule has 0 heterocycles. The molecule has 0 saturated heterocycles. The smallest absolute Gasteiger partial charge is 0.338 e. The lowest BCUT2D eigenvalue weighted by atomic mass is 9.85. The topological polar surface area (TPSA) is 61.8 Å². The van der Waals surface area contributed by atoms with Crippen molar-refractivity contribution in [3.8, 4) is 5.75 Å². The van der Waals surface area contributed by atoms with Crippen LogP contribution in [0.1, 0.15) is 52.6 Å². The first-order valence-electron chi connectivity index (χ1n) is 8.29. The van der Waals surface area contributed by atoms with Crippen LogP contribution in [-0.2, 0) is 21.5 Å². The largest absolute Gasteiger partial charge is 0.496 e. The summed E-state index contributed by atoms with van der Waals surface area (Å²) in [5, 5.41) is 0. The van der Waals surface area contributed by atoms with Gasteiger partial charge in [-0.25, -0.2) is 9.59 Å². The van der Waals surface area contributed by atoms with Crippen molar-refractivity contribution in [2.75, 3.05) is 14.2 Å². The van der Waals surface area contributed by atoms with Gasteiger partial charge in [0.2, 0.25) is 0 Å². The first-order valence-corrected chi connectivity index (χ1v) is 8.29. The maximum absolute atomic E-state index is 12.4. The number of methoxy groups -OCH3 is 2. The lowest BCUT2D eigenvalue weighted by Crippen LogP contribution is -2.15. The Bertz CT molecular complexity index is 785. The lowest BCUT2D eigenvalue weighted by Gasteiger charge is -2.22. The Morgan fingerprint density at radius 1 is 0.885 bits per heavy atom. The molecular weight excluding hydrogens is 332 g/mol. The second-order valence-corrected chi connectivity index (χ2v) is 6.93. The number of carbonyl (C=O) groups excluding carboxylic acids is 2. The molecule has 0 N–H and O–H groups in total. The Labute approximate surface area is 153 Å². The maximum Gasteiger partial charge on any atom is 0.338 e. The van der Waals surface area contributed by atoms with Crippen molar-refractivity contribution < 1.29 is 23.8 Å². The summed E-state index contributed by atoms with van der Waals surface area (Å²) in [6.45, 7) is 6.30. The van der Waals surface area contributed by atoms with Gasteiger partial charge in [0.15, 0.2) is 0 Å². The van der Waals surface area contributed by atoms with Gasteiger partial charge < -0.3 is 14.2 Å². The van der Waals surface area contributed by atoms with Gasteiger partial charge in [0.1, 0.15) is 12.4 Å². The van der Waals surface area contributed by atoms with Crippen LogP contribution in [0.3, 0.4) is 0 Å². The van der Waals surface area contributed by atoms with Crippen molar-refractivity contribution in [1.29, 1.82) is 0 Å². The quantitative estimate of drug-likeness (QED) is 0.754. The zero-order valence-corrected chi connectivity index (χ0v) is 15.8. The summed E-state index contributed by atoms with van der Waals surface area (Å²) in [6, 6.07) is 12.0. The fourth-order valence-electron chi connectivity index (χ4n) is 2.51. The Hall–Kier alpha value is -2.82. The minimum absolute atomic E-state index is 0.122. The molecule has 2 aromatic carbocycles. The molecule has 2 aromatic rings. The van der Waals surface area contributed by atoms with E-state index in [9.17, 15) is 9.59 Å². The highest BCUT2D eigenvalue weighted by atomic mass is 16.5. The van der Waals surface area contributed by atoms with Crippen molar-refractivity contribution in [3.63, 3.8) is 0 Å². The molecule has 0 atom stereocenters. The predicted octanol–water partition coefficient (Wildman–Crippen LogP) is 4.14. The molecule has 138 valence electrons. The highest BCUT2D eigenvalue weighted by molar-refractivity contribution is 5.90. The van der Waals surface area contributed by atoms with Crippen LogP contribution in [-0.4, -0.2) is 26.2 Å². The molecule has 0 aliphatic heterocycles. The molecule has 0 amide bonds. The van der Waals surface area contributed by atoms with Gasteiger partial charge in [0.25, 0.3) is 0 Å². The number of esters is 2. The van der Waals surface area contributed by atoms with Crippen LogP contribution in [0.2, 0.25) is 0 Å². The van der Waals surface area contributed by atoms with Crippen LogP contribution < -0.4 is 4.74 Å². The first kappa shape index (κ1) is 19.5. The van der Waals surface area contributed by atoms with E-state index in [0.717, 1.165) is 16.9 Å². The number of rotatable bonds is 5. The molecule has 0 aliphatic rings. The van der Waals surface area contributed by atoms with E-state index in [1.54, 1.807) is 43.5 Å². The van der Waals surface area contributed by atoms with Crippen molar-refractivity contribution in [1.82, 2.24) is 0 Å². The Morgan fingerprint density at radius 3 is 2.04 bits per heavy atom. The van der Waals surface area contributed by atoms with Crippen LogP contribution in [0.5, 0.6) is 5.75 Å². The SMILES string of the molecule is COC(=O)c1ccc(COC(=O)c2ccc(OC)c(C(C)(C)C)c2)cc1. The zero-order valence-electron chi connectivity index (χ0n) is 15.8. The molecule has 2 rings (SSSR count). The fraction of sp³-hybridized carbons (Fsp3) is 0.333. The molecule has 5 heteroatoms. The van der Waals surface area contributed by atoms with Crippen molar-refractivity contribution >= 4 is 11.9 Å². The molecule has 5 nitrogen and oxygen atoms in total. The van der Waals surface area contributed by atoms with Gasteiger partial charge in [-0.1, -0.05) is 32.9 Å². The third kappa shape index (κ3) is 4.63. The molecule has 0 saturated carbocycles. The Balaban J connectivity index is 2.09. The second kappa shape index (κ2) is 8.04. The monoisotopic (exact) mass is 356 g/mol. The third-order valence-electron chi connectivity index (χ3n) is 3.99. The van der Waals surface area contributed by atoms with Crippen molar-refractivity contribution in [3.05, 3.63) is 64.7 Å². The van der Waals surface area contributed by atoms with Gasteiger partial charge in [-0.05, 0) is 41.3 Å². The summed E-state index contributed by atoms with van der Waals surface area (Å²) in [6.07, 6.45) is 0. The molecule has 26 heavy (non-hydrogen) atoms. The normalized spacial score (nSPS) is 11.0. The van der Waals surface area contributed by atoms with Crippen LogP contribution in [0.25, 0.3) is 0 Å². The van der Waals surface area contributed by atoms with Crippen LogP contribution >= 0.6 is 0 Å². The molecular formula is C21H24O5. The zero-order chi connectivity index (χ0) is 19.3. The molecule has 0 fully saturated rings. The average Bonchev–Trinajstić information content (AvgIpc) is 2.64. The van der Waals surface area contributed by atoms with E-state index in [4.69, 9.17) is 9.47 Å². The van der Waals surface area contributed by atoms with Gasteiger partial charge in [0, 0.05) is 5.56 Å². The first-order chi connectivity index (χ1) is 12.3. The number of hydrogen-bond acceptors (Lipinski definition) is 5. The van der Waals surface area contributed by atoms with E-state index >= 15 is 0 Å². The standard InChI is InChI=1S/C21H24O5/c1-21(2,3)17-12-16(10-11-18(17)24-4)20(23)26-13-14-6-8-15(9-7-14)19(22)25-5/h6-12H,13H2,1-5H3. The van der Waals surface area contributed by atoms with E-state index in [1.165, 1.54) is 7.11 Å². The summed E-state index contributed by atoms with van der Waals surface area (Å²) in [7, 11) is 2.94. The summed E-state index contributed by atoms with van der Waals surface area (Å²) in [5.74, 6) is -0.0656. The number of carbonyl (C=O) groups is 2. The molecule has 0 aliphatic carbocycles. The van der Waals surface area contributed by atoms with E-state index in [0.29, 0.717) is 11.1 Å². The Kier molecular flexibility index (Phi) is 6.03. The molecule has 0 bridgehead atoms. The summed E-state index contributed by atoms with van der Waals surface area (Å²) < 4.78 is 15.4. The van der Waals surface area contributed by atoms with Crippen LogP contribution in [0.15, 0.2) is 42.5 Å². The van der Waals surface area contributed by atoms with Crippen molar-refractivity contribution in [2.24, 2.45) is 0 Å². The lowest BCUT2D eigenvalue weighted by molar-refractivity contribution is 0.0471.